The van der Waals surface area contributed by atoms with Gasteiger partial charge in [0.05, 0.1) is 11.0 Å². The van der Waals surface area contributed by atoms with Crippen LogP contribution in [0.25, 0.3) is 76.8 Å². The second-order valence-electron chi connectivity index (χ2n) is 12.3. The normalized spacial score (nSPS) is 15.8. The fourth-order valence-electron chi connectivity index (χ4n) is 7.29. The van der Waals surface area contributed by atoms with Gasteiger partial charge >= 0.3 is 0 Å². The van der Waals surface area contributed by atoms with Gasteiger partial charge in [-0.05, 0) is 106 Å². The third-order valence-electron chi connectivity index (χ3n) is 9.48. The minimum absolute atomic E-state index is 0.208. The average molecular weight is 581 g/mol. The van der Waals surface area contributed by atoms with E-state index in [2.05, 4.69) is 56.3 Å². The van der Waals surface area contributed by atoms with Crippen LogP contribution in [0.15, 0.2) is 158 Å². The molecule has 0 N–H and O–H groups in total. The minimum Gasteiger partial charge on any atom is -0.0619 e. The van der Waals surface area contributed by atoms with E-state index in [4.69, 9.17) is 5.48 Å². The van der Waals surface area contributed by atoms with Crippen LogP contribution in [0.4, 0.5) is 0 Å². The molecule has 0 saturated carbocycles. The second-order valence-corrected chi connectivity index (χ2v) is 12.3. The Kier molecular flexibility index (Phi) is 4.14. The van der Waals surface area contributed by atoms with E-state index in [1.54, 1.807) is 0 Å². The molecule has 212 valence electrons. The fraction of sp³-hybridized carbons (Fsp3) is 0.0667. The van der Waals surface area contributed by atoms with Crippen LogP contribution in [-0.4, -0.2) is 0 Å². The number of fused-ring (bicyclic) bond motifs is 6. The van der Waals surface area contributed by atoms with Crippen molar-refractivity contribution in [1.82, 2.24) is 0 Å². The van der Waals surface area contributed by atoms with Crippen LogP contribution in [0.3, 0.4) is 0 Å². The van der Waals surface area contributed by atoms with Crippen LogP contribution in [0.5, 0.6) is 0 Å². The van der Waals surface area contributed by atoms with Crippen molar-refractivity contribution in [3.05, 3.63) is 169 Å². The molecule has 8 aromatic rings. The first-order chi connectivity index (χ1) is 25.4. The molecule has 0 unspecified atom stereocenters. The molecule has 0 amide bonds. The highest BCUT2D eigenvalue weighted by atomic mass is 14.4. The van der Waals surface area contributed by atoms with Crippen LogP contribution < -0.4 is 0 Å². The predicted octanol–water partition coefficient (Wildman–Crippen LogP) is 12.5. The zero-order valence-electron chi connectivity index (χ0n) is 32.9. The van der Waals surface area contributed by atoms with Crippen LogP contribution in [0.2, 0.25) is 0 Å². The van der Waals surface area contributed by atoms with Crippen molar-refractivity contribution in [1.29, 1.82) is 0 Å². The van der Waals surface area contributed by atoms with E-state index in [9.17, 15) is 5.48 Å². The lowest BCUT2D eigenvalue weighted by Gasteiger charge is -2.22. The fourth-order valence-corrected chi connectivity index (χ4v) is 7.29. The lowest BCUT2D eigenvalue weighted by atomic mass is 9.81. The minimum atomic E-state index is -0.412. The molecule has 0 fully saturated rings. The van der Waals surface area contributed by atoms with Crippen LogP contribution >= 0.6 is 0 Å². The standard InChI is InChI=1S/C45H32/c1-45(2)41-21-10-9-16-35(41)36-25-24-32(28-42(36)45)31-14-11-15-33(27-31)43-37-17-5-7-19-39(37)44(40-20-8-6-18-38(40)43)34-23-22-29-12-3-4-13-30(29)26-34/h3-28H,1-2H3/i5D,6D,7D,8D,17D,18D,19D,20D. The van der Waals surface area contributed by atoms with E-state index in [0.717, 1.165) is 21.9 Å². The van der Waals surface area contributed by atoms with Crippen molar-refractivity contribution in [2.75, 3.05) is 0 Å². The quantitative estimate of drug-likeness (QED) is 0.182. The molecule has 9 rings (SSSR count). The van der Waals surface area contributed by atoms with Crippen LogP contribution in [-0.2, 0) is 5.41 Å². The SMILES string of the molecule is [2H]c1c([2H])c([2H])c2c(-c3ccc4ccccc4c3)c3c([2H])c([2H])c([2H])c([2H])c3c(-c3cccc(-c4ccc5c(c4)C(C)(C)c4ccccc4-5)c3)c2c1[2H]. The molecule has 0 nitrogen and oxygen atoms in total. The highest BCUT2D eigenvalue weighted by molar-refractivity contribution is 6.21. The summed E-state index contributed by atoms with van der Waals surface area (Å²) < 4.78 is 72.3. The molecule has 0 radical (unpaired) electrons. The van der Waals surface area contributed by atoms with Gasteiger partial charge in [-0.25, -0.2) is 0 Å². The van der Waals surface area contributed by atoms with Gasteiger partial charge in [-0.2, -0.15) is 0 Å². The molecule has 0 heteroatoms. The third-order valence-corrected chi connectivity index (χ3v) is 9.48. The zero-order chi connectivity index (χ0) is 37.1. The van der Waals surface area contributed by atoms with Crippen LogP contribution in [0, 0.1) is 0 Å². The maximum Gasteiger partial charge on any atom is 0.0629 e. The Hall–Kier alpha value is -5.46. The van der Waals surface area contributed by atoms with Gasteiger partial charge < -0.3 is 0 Å². The number of rotatable bonds is 3. The van der Waals surface area contributed by atoms with Gasteiger partial charge in [0, 0.05) is 5.41 Å². The van der Waals surface area contributed by atoms with Gasteiger partial charge in [0.1, 0.15) is 0 Å². The Labute approximate surface area is 275 Å². The molecule has 0 bridgehead atoms. The summed E-state index contributed by atoms with van der Waals surface area (Å²) in [4.78, 5) is 0. The van der Waals surface area contributed by atoms with E-state index in [1.165, 1.54) is 22.3 Å². The van der Waals surface area contributed by atoms with Crippen LogP contribution in [0.1, 0.15) is 35.9 Å². The summed E-state index contributed by atoms with van der Waals surface area (Å²) >= 11 is 0. The maximum atomic E-state index is 9.33. The van der Waals surface area contributed by atoms with Crippen molar-refractivity contribution >= 4 is 32.3 Å². The Balaban J connectivity index is 1.40. The van der Waals surface area contributed by atoms with Gasteiger partial charge in [-0.15, -0.1) is 0 Å². The van der Waals surface area contributed by atoms with Gasteiger partial charge in [0.15, 0.2) is 0 Å². The summed E-state index contributed by atoms with van der Waals surface area (Å²) in [6, 6.07) is 33.4. The van der Waals surface area contributed by atoms with E-state index in [1.807, 2.05) is 66.7 Å². The van der Waals surface area contributed by atoms with Crippen molar-refractivity contribution in [2.24, 2.45) is 0 Å². The van der Waals surface area contributed by atoms with Crippen molar-refractivity contribution in [3.8, 4) is 44.5 Å². The van der Waals surface area contributed by atoms with E-state index >= 15 is 0 Å². The molecule has 1 aliphatic carbocycles. The van der Waals surface area contributed by atoms with Crippen molar-refractivity contribution < 1.29 is 11.0 Å². The highest BCUT2D eigenvalue weighted by Crippen LogP contribution is 2.50. The summed E-state index contributed by atoms with van der Waals surface area (Å²) in [7, 11) is 0. The van der Waals surface area contributed by atoms with E-state index < -0.39 is 24.2 Å². The summed E-state index contributed by atoms with van der Waals surface area (Å²) in [5, 5.41) is 2.70. The zero-order valence-corrected chi connectivity index (χ0v) is 24.9. The molecule has 8 aromatic carbocycles. The Morgan fingerprint density at radius 2 is 0.956 bits per heavy atom. The van der Waals surface area contributed by atoms with E-state index in [-0.39, 0.29) is 51.1 Å². The molecule has 0 spiro atoms. The van der Waals surface area contributed by atoms with Gasteiger partial charge in [0.2, 0.25) is 0 Å². The number of hydrogen-bond donors (Lipinski definition) is 0. The van der Waals surface area contributed by atoms with Gasteiger partial charge in [-0.3, -0.25) is 0 Å². The summed E-state index contributed by atoms with van der Waals surface area (Å²) in [5.41, 5.74) is 8.39. The lowest BCUT2D eigenvalue weighted by Crippen LogP contribution is -2.14. The first kappa shape index (κ1) is 19.0. The van der Waals surface area contributed by atoms with Crippen molar-refractivity contribution in [2.45, 2.75) is 19.3 Å². The molecule has 45 heavy (non-hydrogen) atoms. The van der Waals surface area contributed by atoms with E-state index in [0.29, 0.717) is 22.3 Å². The highest BCUT2D eigenvalue weighted by Gasteiger charge is 2.35. The molecule has 0 atom stereocenters. The molecule has 1 aliphatic rings. The van der Waals surface area contributed by atoms with Gasteiger partial charge in [-0.1, -0.05) is 153 Å². The second kappa shape index (κ2) is 9.78. The summed E-state index contributed by atoms with van der Waals surface area (Å²) in [6.07, 6.45) is 0. The molecule has 0 aromatic heterocycles. The molecule has 0 aliphatic heterocycles. The Morgan fingerprint density at radius 3 is 1.67 bits per heavy atom. The smallest absolute Gasteiger partial charge is 0.0619 e. The predicted molar refractivity (Wildman–Crippen MR) is 193 cm³/mol. The molecule has 0 saturated heterocycles. The first-order valence-electron chi connectivity index (χ1n) is 19.2. The molecule has 0 heterocycles. The number of benzene rings is 8. The molecular formula is C45H32. The molecular weight excluding hydrogens is 540 g/mol. The lowest BCUT2D eigenvalue weighted by molar-refractivity contribution is 0.660. The van der Waals surface area contributed by atoms with Gasteiger partial charge in [0.25, 0.3) is 0 Å². The Morgan fingerprint density at radius 1 is 0.422 bits per heavy atom. The topological polar surface area (TPSA) is 0 Å². The summed E-state index contributed by atoms with van der Waals surface area (Å²) in [5.74, 6) is 0. The van der Waals surface area contributed by atoms with Crippen molar-refractivity contribution in [3.63, 3.8) is 0 Å². The first-order valence-corrected chi connectivity index (χ1v) is 15.2. The monoisotopic (exact) mass is 580 g/mol. The summed E-state index contributed by atoms with van der Waals surface area (Å²) in [6.45, 7) is 4.46. The third kappa shape index (κ3) is 3.92. The Bertz CT molecular complexity index is 2830. The average Bonchev–Trinajstić information content (AvgIpc) is 3.41. The largest absolute Gasteiger partial charge is 0.0629 e. The maximum absolute atomic E-state index is 9.33. The number of hydrogen-bond acceptors (Lipinski definition) is 0.